The SMILES string of the molecule is CC(C)(C)OC(=O)N1CCC[C@H]1C(=O)O.CCOC(=O)CNC(=O)NNC(=O)OC(C)(C)C.COC(=O)CNC(=O)NNC(=O)[C@@H]1CCCN1C(=O)OC(C)(C)C. The number of hydrazine groups is 2. The third-order valence-corrected chi connectivity index (χ3v) is 6.65. The van der Waals surface area contributed by atoms with E-state index in [-0.39, 0.29) is 19.7 Å². The minimum atomic E-state index is -0.960. The molecule has 2 saturated heterocycles. The number of ether oxygens (including phenoxy) is 5. The lowest BCUT2D eigenvalue weighted by Crippen LogP contribution is -2.54. The minimum absolute atomic E-state index is 0.234. The van der Waals surface area contributed by atoms with Crippen molar-refractivity contribution in [1.29, 1.82) is 0 Å². The van der Waals surface area contributed by atoms with E-state index in [1.54, 1.807) is 69.2 Å². The predicted octanol–water partition coefficient (Wildman–Crippen LogP) is 1.65. The highest BCUT2D eigenvalue weighted by Crippen LogP contribution is 2.22. The van der Waals surface area contributed by atoms with E-state index < -0.39 is 83.0 Å². The molecular formula is C34H60N8O15. The molecule has 2 atom stereocenters. The first-order valence-corrected chi connectivity index (χ1v) is 18.0. The predicted molar refractivity (Wildman–Crippen MR) is 199 cm³/mol. The van der Waals surface area contributed by atoms with E-state index >= 15 is 0 Å². The van der Waals surface area contributed by atoms with Crippen molar-refractivity contribution < 1.29 is 71.9 Å². The molecule has 0 aromatic rings. The van der Waals surface area contributed by atoms with Gasteiger partial charge in [0.05, 0.1) is 13.7 Å². The van der Waals surface area contributed by atoms with E-state index in [0.29, 0.717) is 32.4 Å². The van der Waals surface area contributed by atoms with Crippen molar-refractivity contribution in [3.63, 3.8) is 0 Å². The number of esters is 2. The number of nitrogens with one attached hydrogen (secondary N) is 6. The highest BCUT2D eigenvalue weighted by molar-refractivity contribution is 5.88. The molecule has 23 heteroatoms. The quantitative estimate of drug-likeness (QED) is 0.109. The van der Waals surface area contributed by atoms with Gasteiger partial charge in [0.15, 0.2) is 0 Å². The van der Waals surface area contributed by atoms with Gasteiger partial charge in [-0.1, -0.05) is 0 Å². The lowest BCUT2D eigenvalue weighted by Gasteiger charge is -2.28. The monoisotopic (exact) mass is 820 g/mol. The number of methoxy groups -OCH3 is 1. The Morgan fingerprint density at radius 1 is 0.614 bits per heavy atom. The van der Waals surface area contributed by atoms with Crippen LogP contribution in [0.25, 0.3) is 0 Å². The summed E-state index contributed by atoms with van der Waals surface area (Å²) in [5.74, 6) is -2.68. The van der Waals surface area contributed by atoms with Gasteiger partial charge in [-0.3, -0.25) is 29.6 Å². The van der Waals surface area contributed by atoms with Crippen LogP contribution in [0.1, 0.15) is 94.9 Å². The summed E-state index contributed by atoms with van der Waals surface area (Å²) in [6.45, 7) is 17.7. The molecule has 0 radical (unpaired) electrons. The van der Waals surface area contributed by atoms with Crippen molar-refractivity contribution in [2.24, 2.45) is 0 Å². The van der Waals surface area contributed by atoms with E-state index in [0.717, 1.165) is 6.42 Å². The molecule has 0 aromatic heterocycles. The van der Waals surface area contributed by atoms with Crippen LogP contribution >= 0.6 is 0 Å². The Morgan fingerprint density at radius 3 is 1.46 bits per heavy atom. The summed E-state index contributed by atoms with van der Waals surface area (Å²) in [6.07, 6.45) is 0.448. The molecule has 2 fully saturated rings. The van der Waals surface area contributed by atoms with Gasteiger partial charge in [-0.05, 0) is 94.9 Å². The zero-order valence-electron chi connectivity index (χ0n) is 34.6. The number of amides is 8. The van der Waals surface area contributed by atoms with Crippen molar-refractivity contribution in [1.82, 2.24) is 42.1 Å². The second-order valence-electron chi connectivity index (χ2n) is 15.1. The van der Waals surface area contributed by atoms with Crippen molar-refractivity contribution in [3.05, 3.63) is 0 Å². The Labute approximate surface area is 331 Å². The van der Waals surface area contributed by atoms with Crippen molar-refractivity contribution in [2.45, 2.75) is 124 Å². The van der Waals surface area contributed by atoms with Gasteiger partial charge < -0.3 is 39.4 Å². The fraction of sp³-hybridized carbons (Fsp3) is 0.735. The number of likely N-dealkylation sites (tertiary alicyclic amines) is 2. The number of carboxylic acid groups (broad SMARTS) is 1. The molecule has 0 saturated carbocycles. The second-order valence-corrected chi connectivity index (χ2v) is 15.1. The van der Waals surface area contributed by atoms with Crippen LogP contribution in [0.4, 0.5) is 24.0 Å². The summed E-state index contributed by atoms with van der Waals surface area (Å²) in [5.41, 5.74) is 6.46. The van der Waals surface area contributed by atoms with Gasteiger partial charge in [-0.25, -0.2) is 45.0 Å². The lowest BCUT2D eigenvalue weighted by molar-refractivity contribution is -0.142. The number of hydrogen-bond acceptors (Lipinski definition) is 14. The average molecular weight is 821 g/mol. The summed E-state index contributed by atoms with van der Waals surface area (Å²) in [6, 6.07) is -2.95. The van der Waals surface area contributed by atoms with Crippen LogP contribution in [0.15, 0.2) is 0 Å². The maximum absolute atomic E-state index is 12.1. The van der Waals surface area contributed by atoms with Gasteiger partial charge in [0.2, 0.25) is 0 Å². The van der Waals surface area contributed by atoms with Crippen LogP contribution < -0.4 is 32.3 Å². The maximum Gasteiger partial charge on any atom is 0.426 e. The number of carbonyl (C=O) groups excluding carboxylic acids is 8. The molecule has 7 N–H and O–H groups in total. The number of carbonyl (C=O) groups is 9. The highest BCUT2D eigenvalue weighted by atomic mass is 16.6. The standard InChI is InChI=1S/C14H24N4O6.C10H19N3O5.C10H17NO4/c1-14(2,3)24-13(22)18-7-5-6-9(18)11(20)16-17-12(21)15-8-10(19)23-4;1-5-17-7(14)6-11-8(15)12-13-9(16)18-10(2,3)4;1-10(2,3)15-9(14)11-6-4-5-7(11)8(12)13/h9H,5-8H2,1-4H3,(H,16,20)(H2,15,17,21);5-6H2,1-4H3,(H,13,16)(H2,11,12,15);7H,4-6H2,1-3H3,(H,12,13)/t9-;;7-/m0.0/s1. The Balaban J connectivity index is 0.000000851. The Bertz CT molecular complexity index is 1410. The van der Waals surface area contributed by atoms with Crippen LogP contribution in [-0.2, 0) is 42.9 Å². The number of nitrogens with zero attached hydrogens (tertiary/aromatic N) is 2. The van der Waals surface area contributed by atoms with Crippen LogP contribution in [0.5, 0.6) is 0 Å². The van der Waals surface area contributed by atoms with Crippen molar-refractivity contribution >= 4 is 54.2 Å². The first-order chi connectivity index (χ1) is 26.2. The van der Waals surface area contributed by atoms with Crippen LogP contribution in [-0.4, -0.2) is 138 Å². The smallest absolute Gasteiger partial charge is 0.426 e. The fourth-order valence-corrected chi connectivity index (χ4v) is 4.43. The molecule has 2 aliphatic rings. The van der Waals surface area contributed by atoms with E-state index in [4.69, 9.17) is 19.3 Å². The van der Waals surface area contributed by atoms with Gasteiger partial charge in [-0.2, -0.15) is 0 Å². The van der Waals surface area contributed by atoms with Gasteiger partial charge >= 0.3 is 48.2 Å². The molecule has 2 heterocycles. The molecule has 0 unspecified atom stereocenters. The van der Waals surface area contributed by atoms with Gasteiger partial charge in [0.25, 0.3) is 5.91 Å². The van der Waals surface area contributed by atoms with E-state index in [2.05, 4.69) is 31.0 Å². The zero-order chi connectivity index (χ0) is 44.1. The topological polar surface area (TPSA) is 299 Å². The number of rotatable bonds is 7. The molecule has 326 valence electrons. The summed E-state index contributed by atoms with van der Waals surface area (Å²) >= 11 is 0. The first-order valence-electron chi connectivity index (χ1n) is 18.0. The average Bonchev–Trinajstić information content (AvgIpc) is 3.78. The number of carboxylic acids is 1. The maximum atomic E-state index is 12.1. The highest BCUT2D eigenvalue weighted by Gasteiger charge is 2.37. The number of urea groups is 2. The minimum Gasteiger partial charge on any atom is -0.480 e. The number of hydrogen-bond donors (Lipinski definition) is 7. The molecule has 8 amide bonds. The molecule has 23 nitrogen and oxygen atoms in total. The van der Waals surface area contributed by atoms with Gasteiger partial charge in [0.1, 0.15) is 42.0 Å². The molecule has 2 rings (SSSR count). The normalized spacial score (nSPS) is 16.1. The van der Waals surface area contributed by atoms with Gasteiger partial charge in [0, 0.05) is 13.1 Å². The molecule has 2 aliphatic heterocycles. The molecular weight excluding hydrogens is 760 g/mol. The third kappa shape index (κ3) is 23.7. The molecule has 0 bridgehead atoms. The Morgan fingerprint density at radius 2 is 1.04 bits per heavy atom. The fourth-order valence-electron chi connectivity index (χ4n) is 4.43. The van der Waals surface area contributed by atoms with Crippen LogP contribution in [0, 0.1) is 0 Å². The molecule has 0 aromatic carbocycles. The Hall–Kier alpha value is -5.77. The zero-order valence-corrected chi connectivity index (χ0v) is 34.6. The van der Waals surface area contributed by atoms with E-state index in [1.807, 2.05) is 10.9 Å². The molecule has 0 spiro atoms. The summed E-state index contributed by atoms with van der Waals surface area (Å²) in [5, 5.41) is 13.3. The van der Waals surface area contributed by atoms with Gasteiger partial charge in [-0.15, -0.1) is 0 Å². The third-order valence-electron chi connectivity index (χ3n) is 6.65. The van der Waals surface area contributed by atoms with Crippen molar-refractivity contribution in [2.75, 3.05) is 39.9 Å². The summed E-state index contributed by atoms with van der Waals surface area (Å²) in [4.78, 5) is 105. The lowest BCUT2D eigenvalue weighted by atomic mass is 10.2. The summed E-state index contributed by atoms with van der Waals surface area (Å²) < 4.78 is 24.2. The van der Waals surface area contributed by atoms with Crippen LogP contribution in [0.3, 0.4) is 0 Å². The van der Waals surface area contributed by atoms with E-state index in [1.165, 1.54) is 16.9 Å². The van der Waals surface area contributed by atoms with Crippen LogP contribution in [0.2, 0.25) is 0 Å². The summed E-state index contributed by atoms with van der Waals surface area (Å²) in [7, 11) is 1.19. The largest absolute Gasteiger partial charge is 0.480 e. The first kappa shape index (κ1) is 51.2. The Kier molecular flexibility index (Phi) is 21.6. The van der Waals surface area contributed by atoms with Crippen molar-refractivity contribution in [3.8, 4) is 0 Å². The van der Waals surface area contributed by atoms with E-state index in [9.17, 15) is 43.2 Å². The second kappa shape index (κ2) is 24.0. The molecule has 57 heavy (non-hydrogen) atoms. The number of aliphatic carboxylic acids is 1. The molecule has 0 aliphatic carbocycles.